The molecule has 0 heterocycles. The average Bonchev–Trinajstić information content (AvgIpc) is 2.38. The van der Waals surface area contributed by atoms with Gasteiger partial charge in [-0.05, 0) is 49.6 Å². The summed E-state index contributed by atoms with van der Waals surface area (Å²) >= 11 is 0. The van der Waals surface area contributed by atoms with E-state index in [2.05, 4.69) is 10.6 Å². The van der Waals surface area contributed by atoms with Crippen LogP contribution in [0.5, 0.6) is 0 Å². The van der Waals surface area contributed by atoms with E-state index in [0.29, 0.717) is 19.3 Å². The molecule has 0 spiro atoms. The molecule has 2 amide bonds. The molecule has 4 N–H and O–H groups in total. The van der Waals surface area contributed by atoms with E-state index >= 15 is 0 Å². The monoisotopic (exact) mass is 247 g/mol. The van der Waals surface area contributed by atoms with E-state index in [4.69, 9.17) is 5.73 Å². The molecule has 0 radical (unpaired) electrons. The topological polar surface area (TPSA) is 84.2 Å². The van der Waals surface area contributed by atoms with Gasteiger partial charge in [0.05, 0.1) is 0 Å². The molecule has 18 heavy (non-hydrogen) atoms. The van der Waals surface area contributed by atoms with Gasteiger partial charge in [-0.15, -0.1) is 0 Å². The van der Waals surface area contributed by atoms with Crippen molar-refractivity contribution in [1.82, 2.24) is 10.6 Å². The summed E-state index contributed by atoms with van der Waals surface area (Å²) in [7, 11) is 1.74. The number of benzene rings is 1. The highest BCUT2D eigenvalue weighted by Crippen LogP contribution is 2.30. The zero-order valence-corrected chi connectivity index (χ0v) is 10.3. The molecule has 1 aromatic carbocycles. The number of hydrogen-bond donors (Lipinski definition) is 3. The molecule has 0 saturated heterocycles. The Morgan fingerprint density at radius 1 is 1.44 bits per heavy atom. The molecule has 2 rings (SSSR count). The number of aryl methyl sites for hydroxylation is 1. The molecule has 0 saturated carbocycles. The average molecular weight is 247 g/mol. The molecule has 1 aliphatic carbocycles. The Balaban J connectivity index is 2.30. The van der Waals surface area contributed by atoms with Crippen molar-refractivity contribution in [2.75, 3.05) is 12.8 Å². The lowest BCUT2D eigenvalue weighted by Gasteiger charge is -2.36. The van der Waals surface area contributed by atoms with Crippen molar-refractivity contribution >= 4 is 18.0 Å². The minimum absolute atomic E-state index is 0.275. The second-order valence-electron chi connectivity index (χ2n) is 4.63. The predicted molar refractivity (Wildman–Crippen MR) is 68.9 cm³/mol. The van der Waals surface area contributed by atoms with Crippen molar-refractivity contribution in [3.63, 3.8) is 0 Å². The molecule has 0 aromatic heterocycles. The van der Waals surface area contributed by atoms with Crippen LogP contribution in [0.15, 0.2) is 18.2 Å². The molecule has 1 aliphatic rings. The maximum absolute atomic E-state index is 12.0. The van der Waals surface area contributed by atoms with Gasteiger partial charge in [-0.1, -0.05) is 6.07 Å². The Hall–Kier alpha value is -1.88. The summed E-state index contributed by atoms with van der Waals surface area (Å²) in [5.41, 5.74) is 8.07. The number of nitrogen functional groups attached to an aromatic ring is 1. The highest BCUT2D eigenvalue weighted by molar-refractivity contribution is 5.94. The first-order chi connectivity index (χ1) is 8.61. The Morgan fingerprint density at radius 2 is 2.22 bits per heavy atom. The molecule has 96 valence electrons. The summed E-state index contributed by atoms with van der Waals surface area (Å²) in [6.07, 6.45) is 2.42. The summed E-state index contributed by atoms with van der Waals surface area (Å²) in [5, 5.41) is 5.30. The molecule has 1 atom stereocenters. The van der Waals surface area contributed by atoms with Crippen LogP contribution in [0.3, 0.4) is 0 Å². The van der Waals surface area contributed by atoms with Crippen molar-refractivity contribution in [3.8, 4) is 0 Å². The minimum Gasteiger partial charge on any atom is -0.399 e. The van der Waals surface area contributed by atoms with E-state index in [1.54, 1.807) is 7.05 Å². The number of nitrogens with two attached hydrogens (primary N) is 1. The van der Waals surface area contributed by atoms with Gasteiger partial charge in [-0.3, -0.25) is 14.9 Å². The summed E-state index contributed by atoms with van der Waals surface area (Å²) in [6, 6.07) is 5.73. The molecule has 1 unspecified atom stereocenters. The Morgan fingerprint density at radius 3 is 2.89 bits per heavy atom. The third-order valence-electron chi connectivity index (χ3n) is 3.65. The van der Waals surface area contributed by atoms with Crippen LogP contribution < -0.4 is 16.4 Å². The number of amides is 2. The molecule has 0 aliphatic heterocycles. The number of carbonyl (C=O) groups is 2. The third-order valence-corrected chi connectivity index (χ3v) is 3.65. The second-order valence-corrected chi connectivity index (χ2v) is 4.63. The smallest absolute Gasteiger partial charge is 0.246 e. The number of anilines is 1. The Kier molecular flexibility index (Phi) is 3.34. The second kappa shape index (κ2) is 4.78. The molecule has 0 bridgehead atoms. The van der Waals surface area contributed by atoms with Crippen LogP contribution in [-0.2, 0) is 22.4 Å². The van der Waals surface area contributed by atoms with Gasteiger partial charge in [0, 0.05) is 5.69 Å². The van der Waals surface area contributed by atoms with Gasteiger partial charge in [0.1, 0.15) is 5.54 Å². The van der Waals surface area contributed by atoms with Crippen LogP contribution in [0.25, 0.3) is 0 Å². The highest BCUT2D eigenvalue weighted by atomic mass is 16.2. The van der Waals surface area contributed by atoms with Crippen LogP contribution in [0.1, 0.15) is 17.5 Å². The maximum Gasteiger partial charge on any atom is 0.246 e. The number of fused-ring (bicyclic) bond motifs is 1. The van der Waals surface area contributed by atoms with E-state index in [-0.39, 0.29) is 5.91 Å². The van der Waals surface area contributed by atoms with Crippen LogP contribution in [0, 0.1) is 0 Å². The van der Waals surface area contributed by atoms with Crippen molar-refractivity contribution in [2.24, 2.45) is 0 Å². The molecule has 5 nitrogen and oxygen atoms in total. The van der Waals surface area contributed by atoms with E-state index in [1.165, 1.54) is 5.56 Å². The lowest BCUT2D eigenvalue weighted by molar-refractivity contribution is -0.131. The Labute approximate surface area is 106 Å². The zero-order chi connectivity index (χ0) is 13.2. The quantitative estimate of drug-likeness (QED) is 0.518. The molecule has 5 heteroatoms. The lowest BCUT2D eigenvalue weighted by atomic mass is 9.77. The van der Waals surface area contributed by atoms with Crippen molar-refractivity contribution < 1.29 is 9.59 Å². The highest BCUT2D eigenvalue weighted by Gasteiger charge is 2.39. The van der Waals surface area contributed by atoms with E-state index in [1.807, 2.05) is 18.2 Å². The Bertz CT molecular complexity index is 487. The number of likely N-dealkylation sites (N-methyl/N-ethyl adjacent to an activating group) is 1. The first-order valence-electron chi connectivity index (χ1n) is 5.92. The molecular formula is C13H17N3O2. The van der Waals surface area contributed by atoms with Gasteiger partial charge in [0.15, 0.2) is 0 Å². The van der Waals surface area contributed by atoms with Gasteiger partial charge in [0.25, 0.3) is 0 Å². The fraction of sp³-hybridized carbons (Fsp3) is 0.385. The number of carbonyl (C=O) groups excluding carboxylic acids is 2. The predicted octanol–water partition coefficient (Wildman–Crippen LogP) is -0.0117. The first-order valence-corrected chi connectivity index (χ1v) is 5.92. The zero-order valence-electron chi connectivity index (χ0n) is 10.3. The summed E-state index contributed by atoms with van der Waals surface area (Å²) < 4.78 is 0. The van der Waals surface area contributed by atoms with Gasteiger partial charge >= 0.3 is 0 Å². The van der Waals surface area contributed by atoms with Gasteiger partial charge in [-0.25, -0.2) is 0 Å². The van der Waals surface area contributed by atoms with Gasteiger partial charge in [-0.2, -0.15) is 0 Å². The largest absolute Gasteiger partial charge is 0.399 e. The maximum atomic E-state index is 12.0. The number of nitrogens with one attached hydrogen (secondary N) is 2. The van der Waals surface area contributed by atoms with Crippen LogP contribution >= 0.6 is 0 Å². The fourth-order valence-corrected chi connectivity index (χ4v) is 2.52. The fourth-order valence-electron chi connectivity index (χ4n) is 2.52. The number of imide groups is 1. The van der Waals surface area contributed by atoms with Gasteiger partial charge < -0.3 is 11.1 Å². The van der Waals surface area contributed by atoms with E-state index in [9.17, 15) is 9.59 Å². The number of rotatable bonds is 3. The van der Waals surface area contributed by atoms with Crippen LogP contribution in [-0.4, -0.2) is 24.9 Å². The summed E-state index contributed by atoms with van der Waals surface area (Å²) in [6.45, 7) is 0. The third kappa shape index (κ3) is 2.09. The van der Waals surface area contributed by atoms with Crippen molar-refractivity contribution in [3.05, 3.63) is 29.3 Å². The lowest BCUT2D eigenvalue weighted by Crippen LogP contribution is -2.58. The minimum atomic E-state index is -0.704. The first kappa shape index (κ1) is 12.6. The van der Waals surface area contributed by atoms with E-state index < -0.39 is 5.54 Å². The van der Waals surface area contributed by atoms with E-state index in [0.717, 1.165) is 17.7 Å². The summed E-state index contributed by atoms with van der Waals surface area (Å²) in [5.74, 6) is -0.275. The SMILES string of the molecule is CNC1(C(=O)NC=O)CCc2cc(N)ccc2C1. The molecular weight excluding hydrogens is 230 g/mol. The standard InChI is InChI=1S/C13H17N3O2/c1-15-13(12(18)16-8-17)5-4-9-6-11(14)3-2-10(9)7-13/h2-3,6,8,15H,4-5,7,14H2,1H3,(H,16,17,18). The van der Waals surface area contributed by atoms with Crippen molar-refractivity contribution in [1.29, 1.82) is 0 Å². The molecule has 0 fully saturated rings. The molecule has 1 aromatic rings. The normalized spacial score (nSPS) is 22.1. The van der Waals surface area contributed by atoms with Gasteiger partial charge in [0.2, 0.25) is 12.3 Å². The van der Waals surface area contributed by atoms with Crippen molar-refractivity contribution in [2.45, 2.75) is 24.8 Å². The van der Waals surface area contributed by atoms with Crippen LogP contribution in [0.4, 0.5) is 5.69 Å². The summed E-state index contributed by atoms with van der Waals surface area (Å²) in [4.78, 5) is 22.4. The number of hydrogen-bond acceptors (Lipinski definition) is 4. The van der Waals surface area contributed by atoms with Crippen LogP contribution in [0.2, 0.25) is 0 Å².